The van der Waals surface area contributed by atoms with Gasteiger partial charge >= 0.3 is 0 Å². The molecule has 1 unspecified atom stereocenters. The predicted molar refractivity (Wildman–Crippen MR) is 82.3 cm³/mol. The quantitative estimate of drug-likeness (QED) is 0.704. The Balaban J connectivity index is 1.79. The molecule has 1 aromatic rings. The van der Waals surface area contributed by atoms with Gasteiger partial charge in [0.1, 0.15) is 5.69 Å². The van der Waals surface area contributed by atoms with Crippen LogP contribution in [-0.2, 0) is 7.05 Å². The van der Waals surface area contributed by atoms with E-state index in [1.54, 1.807) is 0 Å². The van der Waals surface area contributed by atoms with E-state index in [1.807, 2.05) is 11.7 Å². The zero-order valence-electron chi connectivity index (χ0n) is 12.0. The van der Waals surface area contributed by atoms with Crippen molar-refractivity contribution in [3.05, 3.63) is 53.4 Å². The Kier molecular flexibility index (Phi) is 3.87. The van der Waals surface area contributed by atoms with Gasteiger partial charge in [0.2, 0.25) is 0 Å². The third-order valence-corrected chi connectivity index (χ3v) is 3.90. The highest BCUT2D eigenvalue weighted by atomic mass is 15.3. The number of allylic oxidation sites excluding steroid dienone is 6. The van der Waals surface area contributed by atoms with Gasteiger partial charge in [-0.3, -0.25) is 4.68 Å². The highest BCUT2D eigenvalue weighted by molar-refractivity contribution is 5.39. The van der Waals surface area contributed by atoms with Crippen LogP contribution < -0.4 is 0 Å². The van der Waals surface area contributed by atoms with E-state index in [0.717, 1.165) is 24.2 Å². The second-order valence-electron chi connectivity index (χ2n) is 5.46. The van der Waals surface area contributed by atoms with Crippen LogP contribution in [0.2, 0.25) is 0 Å². The molecule has 2 heteroatoms. The minimum Gasteiger partial charge on any atom is -0.260 e. The van der Waals surface area contributed by atoms with Crippen LogP contribution in [0.4, 0.5) is 0 Å². The van der Waals surface area contributed by atoms with Gasteiger partial charge in [0.05, 0.1) is 5.69 Å². The van der Waals surface area contributed by atoms with Crippen LogP contribution in [-0.4, -0.2) is 9.78 Å². The molecule has 0 fully saturated rings. The predicted octanol–water partition coefficient (Wildman–Crippen LogP) is 3.87. The van der Waals surface area contributed by atoms with Gasteiger partial charge in [-0.05, 0) is 49.7 Å². The second-order valence-corrected chi connectivity index (χ2v) is 5.46. The van der Waals surface area contributed by atoms with Gasteiger partial charge in [-0.25, -0.2) is 0 Å². The van der Waals surface area contributed by atoms with E-state index >= 15 is 0 Å². The maximum Gasteiger partial charge on any atom is 0.111 e. The lowest BCUT2D eigenvalue weighted by molar-refractivity contribution is 0.707. The number of nitrogens with zero attached hydrogens (tertiary/aromatic N) is 2. The molecule has 0 saturated carbocycles. The summed E-state index contributed by atoms with van der Waals surface area (Å²) in [6.45, 7) is 0. The number of rotatable bonds is 1. The molecule has 0 aliphatic heterocycles. The van der Waals surface area contributed by atoms with Crippen molar-refractivity contribution in [2.45, 2.75) is 38.0 Å². The zero-order chi connectivity index (χ0) is 13.8. The molecule has 2 aliphatic rings. The lowest BCUT2D eigenvalue weighted by Gasteiger charge is -2.08. The molecule has 0 amide bonds. The number of hydrogen-bond acceptors (Lipinski definition) is 1. The van der Waals surface area contributed by atoms with E-state index in [9.17, 15) is 0 Å². The number of aromatic nitrogens is 2. The van der Waals surface area contributed by atoms with Gasteiger partial charge in [-0.1, -0.05) is 36.3 Å². The van der Waals surface area contributed by atoms with E-state index in [2.05, 4.69) is 53.4 Å². The molecule has 0 spiro atoms. The van der Waals surface area contributed by atoms with Crippen LogP contribution in [0, 0.1) is 11.8 Å². The van der Waals surface area contributed by atoms with Gasteiger partial charge in [-0.15, -0.1) is 0 Å². The SMILES string of the molecule is Cn1nc(C2C=CC=CC2)cc1C#CC1=CCCCC1. The van der Waals surface area contributed by atoms with Crippen LogP contribution >= 0.6 is 0 Å². The highest BCUT2D eigenvalue weighted by Gasteiger charge is 2.13. The summed E-state index contributed by atoms with van der Waals surface area (Å²) in [6, 6.07) is 2.13. The molecule has 0 saturated heterocycles. The normalized spacial score (nSPS) is 21.2. The van der Waals surface area contributed by atoms with Crippen LogP contribution in [0.25, 0.3) is 0 Å². The summed E-state index contributed by atoms with van der Waals surface area (Å²) >= 11 is 0. The summed E-state index contributed by atoms with van der Waals surface area (Å²) in [7, 11) is 1.98. The van der Waals surface area contributed by atoms with Crippen molar-refractivity contribution in [3.8, 4) is 11.8 Å². The van der Waals surface area contributed by atoms with Crippen molar-refractivity contribution in [3.63, 3.8) is 0 Å². The standard InChI is InChI=1S/C18H20N2/c1-20-17(13-12-15-8-4-2-5-9-15)14-18(19-20)16-10-6-3-7-11-16/h3,6-8,10,14,16H,2,4-5,9,11H2,1H3. The van der Waals surface area contributed by atoms with Gasteiger partial charge in [0, 0.05) is 13.0 Å². The molecule has 2 nitrogen and oxygen atoms in total. The molecule has 1 atom stereocenters. The molecular weight excluding hydrogens is 244 g/mol. The Morgan fingerprint density at radius 2 is 2.20 bits per heavy atom. The first-order chi connectivity index (χ1) is 9.83. The van der Waals surface area contributed by atoms with Crippen LogP contribution in [0.1, 0.15) is 49.4 Å². The van der Waals surface area contributed by atoms with Crippen LogP contribution in [0.15, 0.2) is 42.0 Å². The van der Waals surface area contributed by atoms with E-state index in [0.29, 0.717) is 5.92 Å². The topological polar surface area (TPSA) is 17.8 Å². The van der Waals surface area contributed by atoms with Crippen LogP contribution in [0.3, 0.4) is 0 Å². The zero-order valence-corrected chi connectivity index (χ0v) is 12.0. The largest absolute Gasteiger partial charge is 0.260 e. The highest BCUT2D eigenvalue weighted by Crippen LogP contribution is 2.24. The third-order valence-electron chi connectivity index (χ3n) is 3.90. The summed E-state index contributed by atoms with van der Waals surface area (Å²) in [5, 5.41) is 4.61. The van der Waals surface area contributed by atoms with Crippen molar-refractivity contribution in [1.29, 1.82) is 0 Å². The molecule has 1 heterocycles. The Hall–Kier alpha value is -2.01. The molecular formula is C18H20N2. The van der Waals surface area contributed by atoms with Gasteiger partial charge in [0.25, 0.3) is 0 Å². The minimum atomic E-state index is 0.399. The summed E-state index contributed by atoms with van der Waals surface area (Å²) in [6.07, 6.45) is 16.8. The number of hydrogen-bond donors (Lipinski definition) is 0. The smallest absolute Gasteiger partial charge is 0.111 e. The fourth-order valence-corrected chi connectivity index (χ4v) is 2.68. The molecule has 0 N–H and O–H groups in total. The van der Waals surface area contributed by atoms with E-state index in [-0.39, 0.29) is 0 Å². The molecule has 0 radical (unpaired) electrons. The lowest BCUT2D eigenvalue weighted by Crippen LogP contribution is -1.99. The Morgan fingerprint density at radius 1 is 1.25 bits per heavy atom. The average molecular weight is 264 g/mol. The van der Waals surface area contributed by atoms with Crippen molar-refractivity contribution >= 4 is 0 Å². The monoisotopic (exact) mass is 264 g/mol. The Bertz CT molecular complexity index is 632. The molecule has 3 rings (SSSR count). The molecule has 0 aromatic carbocycles. The summed E-state index contributed by atoms with van der Waals surface area (Å²) in [4.78, 5) is 0. The van der Waals surface area contributed by atoms with Gasteiger partial charge in [0.15, 0.2) is 0 Å². The maximum absolute atomic E-state index is 4.61. The van der Waals surface area contributed by atoms with Crippen molar-refractivity contribution < 1.29 is 0 Å². The third kappa shape index (κ3) is 2.93. The van der Waals surface area contributed by atoms with E-state index < -0.39 is 0 Å². The van der Waals surface area contributed by atoms with Gasteiger partial charge < -0.3 is 0 Å². The lowest BCUT2D eigenvalue weighted by atomic mass is 9.97. The van der Waals surface area contributed by atoms with E-state index in [4.69, 9.17) is 0 Å². The number of aryl methyl sites for hydroxylation is 1. The second kappa shape index (κ2) is 5.96. The first-order valence-electron chi connectivity index (χ1n) is 7.41. The molecule has 0 bridgehead atoms. The fraction of sp³-hybridized carbons (Fsp3) is 0.389. The fourth-order valence-electron chi connectivity index (χ4n) is 2.68. The van der Waals surface area contributed by atoms with Crippen molar-refractivity contribution in [1.82, 2.24) is 9.78 Å². The Morgan fingerprint density at radius 3 is 2.95 bits per heavy atom. The Labute approximate surface area is 120 Å². The first kappa shape index (κ1) is 13.0. The van der Waals surface area contributed by atoms with Crippen LogP contribution in [0.5, 0.6) is 0 Å². The minimum absolute atomic E-state index is 0.399. The molecule has 1 aromatic heterocycles. The van der Waals surface area contributed by atoms with Crippen molar-refractivity contribution in [2.75, 3.05) is 0 Å². The maximum atomic E-state index is 4.61. The summed E-state index contributed by atoms with van der Waals surface area (Å²) < 4.78 is 1.90. The first-order valence-corrected chi connectivity index (χ1v) is 7.41. The summed E-state index contributed by atoms with van der Waals surface area (Å²) in [5.41, 5.74) is 3.42. The molecule has 102 valence electrons. The molecule has 2 aliphatic carbocycles. The average Bonchev–Trinajstić information content (AvgIpc) is 2.88. The summed E-state index contributed by atoms with van der Waals surface area (Å²) in [5.74, 6) is 6.99. The molecule has 20 heavy (non-hydrogen) atoms. The van der Waals surface area contributed by atoms with E-state index in [1.165, 1.54) is 24.8 Å². The van der Waals surface area contributed by atoms with Crippen molar-refractivity contribution in [2.24, 2.45) is 7.05 Å². The van der Waals surface area contributed by atoms with Gasteiger partial charge in [-0.2, -0.15) is 5.10 Å².